The number of phenolic OH excluding ortho intramolecular Hbond substituents is 3. The van der Waals surface area contributed by atoms with E-state index in [1.807, 2.05) is 0 Å². The summed E-state index contributed by atoms with van der Waals surface area (Å²) in [7, 11) is 1.37. The Morgan fingerprint density at radius 3 is 2.29 bits per heavy atom. The minimum absolute atomic E-state index is 0.00900. The van der Waals surface area contributed by atoms with Crippen LogP contribution in [0.15, 0.2) is 72.8 Å². The number of ether oxygens (including phenoxy) is 6. The van der Waals surface area contributed by atoms with Crippen molar-refractivity contribution in [2.75, 3.05) is 26.9 Å². The molecule has 2 aliphatic heterocycles. The maximum atomic E-state index is 12.5. The van der Waals surface area contributed by atoms with Gasteiger partial charge in [0.05, 0.1) is 25.9 Å². The van der Waals surface area contributed by atoms with E-state index < -0.39 is 80.3 Å². The van der Waals surface area contributed by atoms with Crippen LogP contribution in [-0.2, 0) is 23.7 Å². The monoisotopic (exact) mass is 726 g/mol. The van der Waals surface area contributed by atoms with Gasteiger partial charge in [-0.1, -0.05) is 24.3 Å². The summed E-state index contributed by atoms with van der Waals surface area (Å²) in [5.41, 5.74) is -1.08. The molecule has 8 atom stereocenters. The number of phenols is 3. The third-order valence-electron chi connectivity index (χ3n) is 8.31. The number of carbonyl (C=O) groups is 2. The number of aliphatic hydroxyl groups is 5. The van der Waals surface area contributed by atoms with Gasteiger partial charge in [-0.25, -0.2) is 4.79 Å². The zero-order valence-corrected chi connectivity index (χ0v) is 27.6. The highest BCUT2D eigenvalue weighted by Gasteiger charge is 2.54. The molecule has 2 saturated heterocycles. The van der Waals surface area contributed by atoms with Crippen LogP contribution in [0.4, 0.5) is 0 Å². The highest BCUT2D eigenvalue weighted by molar-refractivity contribution is 6.08. The molecule has 278 valence electrons. The Morgan fingerprint density at radius 2 is 1.60 bits per heavy atom. The molecule has 2 heterocycles. The summed E-state index contributed by atoms with van der Waals surface area (Å²) in [4.78, 5) is 24.8. The molecule has 2 fully saturated rings. The number of hydrogen-bond acceptors (Lipinski definition) is 16. The SMILES string of the molecule is COc1cc(/C=C/C(=O)OC[C@]2(O)CO[C@H](O[C@H]3[C@H](Oc4ccc(/C=C/C(=O)c5ccc(O)cc5O)cc4)O[C@H](CO)[C@@H](O)[C@@H]3O)[C@H]2O)ccc1O. The molecular formula is C36H38O16. The van der Waals surface area contributed by atoms with E-state index in [1.165, 1.54) is 67.8 Å². The van der Waals surface area contributed by atoms with E-state index in [0.717, 1.165) is 12.1 Å². The van der Waals surface area contributed by atoms with Crippen molar-refractivity contribution in [1.82, 2.24) is 0 Å². The Morgan fingerprint density at radius 1 is 0.885 bits per heavy atom. The Kier molecular flexibility index (Phi) is 12.1. The highest BCUT2D eigenvalue weighted by Crippen LogP contribution is 2.33. The summed E-state index contributed by atoms with van der Waals surface area (Å²) in [6, 6.07) is 14.1. The summed E-state index contributed by atoms with van der Waals surface area (Å²) < 4.78 is 32.9. The molecule has 3 aromatic rings. The Bertz CT molecular complexity index is 1770. The second-order valence-electron chi connectivity index (χ2n) is 12.0. The summed E-state index contributed by atoms with van der Waals surface area (Å²) >= 11 is 0. The van der Waals surface area contributed by atoms with Gasteiger partial charge in [0.15, 0.2) is 35.3 Å². The molecule has 5 rings (SSSR count). The van der Waals surface area contributed by atoms with Crippen LogP contribution >= 0.6 is 0 Å². The maximum absolute atomic E-state index is 12.5. The predicted octanol–water partition coefficient (Wildman–Crippen LogP) is 0.616. The van der Waals surface area contributed by atoms with E-state index in [4.69, 9.17) is 28.4 Å². The lowest BCUT2D eigenvalue weighted by Gasteiger charge is -2.42. The lowest BCUT2D eigenvalue weighted by atomic mass is 9.98. The quantitative estimate of drug-likeness (QED) is 0.0683. The lowest BCUT2D eigenvalue weighted by Crippen LogP contribution is -2.62. The molecule has 2 aliphatic rings. The van der Waals surface area contributed by atoms with Gasteiger partial charge in [0.1, 0.15) is 48.3 Å². The van der Waals surface area contributed by atoms with E-state index in [0.29, 0.717) is 11.1 Å². The fourth-order valence-corrected chi connectivity index (χ4v) is 5.34. The maximum Gasteiger partial charge on any atom is 0.330 e. The highest BCUT2D eigenvalue weighted by atomic mass is 16.8. The third-order valence-corrected chi connectivity index (χ3v) is 8.31. The molecule has 0 unspecified atom stereocenters. The van der Waals surface area contributed by atoms with E-state index in [1.54, 1.807) is 12.1 Å². The number of aliphatic hydroxyl groups excluding tert-OH is 4. The van der Waals surface area contributed by atoms with Crippen molar-refractivity contribution >= 4 is 23.9 Å². The summed E-state index contributed by atoms with van der Waals surface area (Å²) in [6.07, 6.45) is -5.97. The molecule has 16 heteroatoms. The number of methoxy groups -OCH3 is 1. The Labute approximate surface area is 296 Å². The molecule has 0 amide bonds. The van der Waals surface area contributed by atoms with Gasteiger partial charge in [-0.15, -0.1) is 0 Å². The van der Waals surface area contributed by atoms with Crippen molar-refractivity contribution in [2.24, 2.45) is 0 Å². The molecule has 0 aromatic heterocycles. The first kappa shape index (κ1) is 38.2. The third kappa shape index (κ3) is 8.87. The summed E-state index contributed by atoms with van der Waals surface area (Å²) in [6.45, 7) is -1.95. The average Bonchev–Trinajstić information content (AvgIpc) is 3.41. The molecular weight excluding hydrogens is 688 g/mol. The molecule has 16 nitrogen and oxygen atoms in total. The van der Waals surface area contributed by atoms with Crippen molar-refractivity contribution in [3.63, 3.8) is 0 Å². The van der Waals surface area contributed by atoms with E-state index >= 15 is 0 Å². The first-order valence-corrected chi connectivity index (χ1v) is 15.8. The van der Waals surface area contributed by atoms with Crippen molar-refractivity contribution in [3.8, 4) is 28.7 Å². The molecule has 3 aromatic carbocycles. The van der Waals surface area contributed by atoms with Crippen LogP contribution in [0.1, 0.15) is 21.5 Å². The molecule has 8 N–H and O–H groups in total. The fraction of sp³-hybridized carbons (Fsp3) is 0.333. The Balaban J connectivity index is 1.21. The predicted molar refractivity (Wildman–Crippen MR) is 178 cm³/mol. The van der Waals surface area contributed by atoms with Crippen LogP contribution in [0.3, 0.4) is 0 Å². The number of carbonyl (C=O) groups excluding carboxylic acids is 2. The molecule has 0 spiro atoms. The summed E-state index contributed by atoms with van der Waals surface area (Å²) in [5, 5.41) is 82.2. The first-order valence-electron chi connectivity index (χ1n) is 15.8. The number of benzene rings is 3. The van der Waals surface area contributed by atoms with Gasteiger partial charge in [-0.05, 0) is 59.7 Å². The normalized spacial score (nSPS) is 27.5. The van der Waals surface area contributed by atoms with Gasteiger partial charge in [-0.3, -0.25) is 4.79 Å². The standard InChI is InChI=1S/C36H38O16/c1-47-27-14-20(5-12-25(27)40)6-13-29(42)48-17-36(46)18-49-35(33(36)45)52-32-31(44)30(43)28(16-37)51-34(32)50-22-8-2-19(3-9-22)4-11-24(39)23-10-7-21(38)15-26(23)41/h2-15,28,30-35,37-38,40-41,43-46H,16-18H2,1H3/b11-4+,13-6+/t28-,30-,31+,32-,33-,34-,35-,36+/m1/s1. The van der Waals surface area contributed by atoms with Gasteiger partial charge in [-0.2, -0.15) is 0 Å². The molecule has 52 heavy (non-hydrogen) atoms. The topological polar surface area (TPSA) is 251 Å². The largest absolute Gasteiger partial charge is 0.508 e. The van der Waals surface area contributed by atoms with Crippen LogP contribution in [-0.4, -0.2) is 128 Å². The summed E-state index contributed by atoms with van der Waals surface area (Å²) in [5.74, 6) is -1.68. The van der Waals surface area contributed by atoms with Crippen molar-refractivity contribution < 1.29 is 78.9 Å². The smallest absolute Gasteiger partial charge is 0.330 e. The Hall–Kier alpha value is -5.04. The van der Waals surface area contributed by atoms with E-state index in [2.05, 4.69) is 0 Å². The van der Waals surface area contributed by atoms with Crippen molar-refractivity contribution in [2.45, 2.75) is 48.7 Å². The second kappa shape index (κ2) is 16.5. The number of allylic oxidation sites excluding steroid dienone is 1. The van der Waals surface area contributed by atoms with Crippen LogP contribution in [0.2, 0.25) is 0 Å². The van der Waals surface area contributed by atoms with Crippen molar-refractivity contribution in [3.05, 3.63) is 89.5 Å². The van der Waals surface area contributed by atoms with Gasteiger partial charge in [0.25, 0.3) is 0 Å². The van der Waals surface area contributed by atoms with Crippen molar-refractivity contribution in [1.29, 1.82) is 0 Å². The fourth-order valence-electron chi connectivity index (χ4n) is 5.34. The number of hydrogen-bond donors (Lipinski definition) is 8. The van der Waals surface area contributed by atoms with Crippen LogP contribution in [0, 0.1) is 0 Å². The number of ketones is 1. The minimum atomic E-state index is -2.13. The molecule has 0 radical (unpaired) electrons. The minimum Gasteiger partial charge on any atom is -0.508 e. The van der Waals surface area contributed by atoms with Crippen LogP contribution in [0.5, 0.6) is 28.7 Å². The molecule has 0 saturated carbocycles. The number of rotatable bonds is 13. The number of esters is 1. The molecule has 0 aliphatic carbocycles. The zero-order chi connectivity index (χ0) is 37.6. The van der Waals surface area contributed by atoms with Crippen LogP contribution < -0.4 is 9.47 Å². The van der Waals surface area contributed by atoms with Crippen LogP contribution in [0.25, 0.3) is 12.2 Å². The first-order chi connectivity index (χ1) is 24.8. The van der Waals surface area contributed by atoms with E-state index in [9.17, 15) is 50.4 Å². The van der Waals surface area contributed by atoms with Gasteiger partial charge in [0, 0.05) is 12.1 Å². The van der Waals surface area contributed by atoms with Gasteiger partial charge < -0.3 is 69.3 Å². The second-order valence-corrected chi connectivity index (χ2v) is 12.0. The lowest BCUT2D eigenvalue weighted by molar-refractivity contribution is -0.318. The van der Waals surface area contributed by atoms with E-state index in [-0.39, 0.29) is 34.3 Å². The van der Waals surface area contributed by atoms with Gasteiger partial charge >= 0.3 is 5.97 Å². The zero-order valence-electron chi connectivity index (χ0n) is 27.6. The van der Waals surface area contributed by atoms with Gasteiger partial charge in [0.2, 0.25) is 6.29 Å². The number of aromatic hydroxyl groups is 3. The molecule has 0 bridgehead atoms. The average molecular weight is 727 g/mol.